The summed E-state index contributed by atoms with van der Waals surface area (Å²) < 4.78 is 5.87. The minimum absolute atomic E-state index is 0.110. The number of hydrogen-bond donors (Lipinski definition) is 0. The van der Waals surface area contributed by atoms with Crippen molar-refractivity contribution in [1.29, 1.82) is 0 Å². The molecule has 1 aliphatic rings. The summed E-state index contributed by atoms with van der Waals surface area (Å²) >= 11 is 15.0. The fourth-order valence-electron chi connectivity index (χ4n) is 2.61. The second-order valence-electron chi connectivity index (χ2n) is 5.70. The maximum atomic E-state index is 12.7. The van der Waals surface area contributed by atoms with E-state index in [1.54, 1.807) is 47.5 Å². The van der Waals surface area contributed by atoms with Crippen LogP contribution in [0.1, 0.15) is 12.7 Å². The van der Waals surface area contributed by atoms with Crippen LogP contribution in [0.5, 0.6) is 0 Å². The van der Waals surface area contributed by atoms with E-state index in [0.29, 0.717) is 48.9 Å². The molecule has 28 heavy (non-hydrogen) atoms. The molecule has 0 N–H and O–H groups in total. The lowest BCUT2D eigenvalue weighted by Gasteiger charge is -2.11. The molecule has 2 aromatic heterocycles. The lowest BCUT2D eigenvalue weighted by Crippen LogP contribution is -2.28. The Morgan fingerprint density at radius 1 is 1.29 bits per heavy atom. The van der Waals surface area contributed by atoms with Gasteiger partial charge < -0.3 is 4.42 Å². The first-order valence-corrected chi connectivity index (χ1v) is 10.7. The lowest BCUT2D eigenvalue weighted by molar-refractivity contribution is -0.122. The molecule has 1 saturated heterocycles. The zero-order valence-corrected chi connectivity index (χ0v) is 17.7. The first kappa shape index (κ1) is 19.3. The van der Waals surface area contributed by atoms with Crippen LogP contribution in [0.4, 0.5) is 5.13 Å². The van der Waals surface area contributed by atoms with Crippen LogP contribution < -0.4 is 0 Å². The summed E-state index contributed by atoms with van der Waals surface area (Å²) in [5.41, 5.74) is 0.699. The highest BCUT2D eigenvalue weighted by Gasteiger charge is 2.32. The number of aliphatic imine (C=N–C) groups is 1. The number of thiazole rings is 1. The number of thioether (sulfide) groups is 1. The third-order valence-corrected chi connectivity index (χ3v) is 6.15. The van der Waals surface area contributed by atoms with E-state index in [1.165, 1.54) is 23.1 Å². The quantitative estimate of drug-likeness (QED) is 0.436. The number of aromatic nitrogens is 1. The zero-order chi connectivity index (χ0) is 19.7. The Balaban J connectivity index is 1.63. The Kier molecular flexibility index (Phi) is 5.59. The summed E-state index contributed by atoms with van der Waals surface area (Å²) in [7, 11) is 0. The molecule has 142 valence electrons. The Labute approximate surface area is 179 Å². The fourth-order valence-corrected chi connectivity index (χ4v) is 4.58. The summed E-state index contributed by atoms with van der Waals surface area (Å²) in [6.07, 6.45) is 3.39. The van der Waals surface area contributed by atoms with Gasteiger partial charge in [0.2, 0.25) is 5.13 Å². The molecule has 0 radical (unpaired) electrons. The Hall–Kier alpha value is -2.06. The molecule has 0 saturated carbocycles. The van der Waals surface area contributed by atoms with Crippen molar-refractivity contribution in [2.45, 2.75) is 6.92 Å². The van der Waals surface area contributed by atoms with Gasteiger partial charge >= 0.3 is 0 Å². The summed E-state index contributed by atoms with van der Waals surface area (Å²) in [5.74, 6) is 1.02. The molecular weight excluding hydrogens is 437 g/mol. The molecule has 9 heteroatoms. The predicted octanol–water partition coefficient (Wildman–Crippen LogP) is 6.33. The third-order valence-electron chi connectivity index (χ3n) is 3.91. The summed E-state index contributed by atoms with van der Waals surface area (Å²) in [4.78, 5) is 23.5. The molecule has 1 fully saturated rings. The van der Waals surface area contributed by atoms with Crippen molar-refractivity contribution < 1.29 is 9.21 Å². The van der Waals surface area contributed by atoms with Gasteiger partial charge in [-0.15, -0.1) is 11.3 Å². The molecule has 4 rings (SSSR count). The van der Waals surface area contributed by atoms with Gasteiger partial charge in [-0.25, -0.2) is 4.98 Å². The Morgan fingerprint density at radius 3 is 2.89 bits per heavy atom. The SMILES string of the molecule is CCN1C(=O)/C(=C\c2ccc(-c3cc(Cl)ccc3Cl)o2)S/C1=N/c1nccs1. The summed E-state index contributed by atoms with van der Waals surface area (Å²) in [6.45, 7) is 2.43. The molecule has 0 bridgehead atoms. The van der Waals surface area contributed by atoms with Crippen LogP contribution >= 0.6 is 46.3 Å². The molecule has 3 heterocycles. The van der Waals surface area contributed by atoms with Crippen molar-refractivity contribution >= 4 is 68.6 Å². The number of halogens is 2. The van der Waals surface area contributed by atoms with Crippen molar-refractivity contribution in [2.75, 3.05) is 6.54 Å². The number of likely N-dealkylation sites (N-methyl/N-ethyl adjacent to an activating group) is 1. The van der Waals surface area contributed by atoms with Crippen LogP contribution in [-0.4, -0.2) is 27.5 Å². The van der Waals surface area contributed by atoms with Crippen molar-refractivity contribution in [3.8, 4) is 11.3 Å². The van der Waals surface area contributed by atoms with Gasteiger partial charge in [-0.05, 0) is 49.0 Å². The van der Waals surface area contributed by atoms with Gasteiger partial charge in [0.1, 0.15) is 11.5 Å². The van der Waals surface area contributed by atoms with Gasteiger partial charge in [0.25, 0.3) is 5.91 Å². The predicted molar refractivity (Wildman–Crippen MR) is 116 cm³/mol. The zero-order valence-electron chi connectivity index (χ0n) is 14.6. The van der Waals surface area contributed by atoms with Crippen molar-refractivity contribution in [1.82, 2.24) is 9.88 Å². The van der Waals surface area contributed by atoms with E-state index in [2.05, 4.69) is 9.98 Å². The molecule has 0 unspecified atom stereocenters. The van der Waals surface area contributed by atoms with Crippen molar-refractivity contribution in [3.05, 3.63) is 62.6 Å². The second-order valence-corrected chi connectivity index (χ2v) is 8.42. The first-order valence-electron chi connectivity index (χ1n) is 8.30. The summed E-state index contributed by atoms with van der Waals surface area (Å²) in [6, 6.07) is 8.77. The van der Waals surface area contributed by atoms with Crippen LogP contribution in [-0.2, 0) is 4.79 Å². The maximum Gasteiger partial charge on any atom is 0.266 e. The van der Waals surface area contributed by atoms with Crippen LogP contribution in [0.15, 0.2) is 56.2 Å². The van der Waals surface area contributed by atoms with E-state index in [0.717, 1.165) is 0 Å². The Bertz CT molecular complexity index is 1090. The highest BCUT2D eigenvalue weighted by Crippen LogP contribution is 2.36. The maximum absolute atomic E-state index is 12.7. The van der Waals surface area contributed by atoms with E-state index >= 15 is 0 Å². The average Bonchev–Trinajstić information content (AvgIpc) is 3.40. The lowest BCUT2D eigenvalue weighted by atomic mass is 10.2. The van der Waals surface area contributed by atoms with E-state index in [4.69, 9.17) is 27.6 Å². The van der Waals surface area contributed by atoms with E-state index in [1.807, 2.05) is 12.3 Å². The van der Waals surface area contributed by atoms with Gasteiger partial charge in [0.05, 0.1) is 9.93 Å². The molecule has 1 aliphatic heterocycles. The second kappa shape index (κ2) is 8.13. The Morgan fingerprint density at radius 2 is 2.14 bits per heavy atom. The number of carbonyl (C=O) groups excluding carboxylic acids is 1. The minimum Gasteiger partial charge on any atom is -0.457 e. The molecule has 5 nitrogen and oxygen atoms in total. The van der Waals surface area contributed by atoms with Gasteiger partial charge in [0, 0.05) is 34.8 Å². The number of nitrogens with zero attached hydrogens (tertiary/aromatic N) is 3. The summed E-state index contributed by atoms with van der Waals surface area (Å²) in [5, 5.41) is 4.18. The standard InChI is InChI=1S/C19H13Cl2N3O2S2/c1-2-24-17(25)16(28-19(24)23-18-22-7-8-27-18)10-12-4-6-15(26-12)13-9-11(20)3-5-14(13)21/h3-10H,2H2,1H3/b16-10+,23-19+. The molecule has 0 spiro atoms. The van der Waals surface area contributed by atoms with E-state index < -0.39 is 0 Å². The van der Waals surface area contributed by atoms with Gasteiger partial charge in [0.15, 0.2) is 5.17 Å². The number of benzene rings is 1. The number of furan rings is 1. The number of amidine groups is 1. The topological polar surface area (TPSA) is 58.7 Å². The monoisotopic (exact) mass is 449 g/mol. The van der Waals surface area contributed by atoms with E-state index in [-0.39, 0.29) is 5.91 Å². The molecule has 1 amide bonds. The molecule has 1 aromatic carbocycles. The van der Waals surface area contributed by atoms with Gasteiger partial charge in [-0.2, -0.15) is 4.99 Å². The third kappa shape index (κ3) is 3.89. The minimum atomic E-state index is -0.110. The van der Waals surface area contributed by atoms with Crippen molar-refractivity contribution in [2.24, 2.45) is 4.99 Å². The van der Waals surface area contributed by atoms with Gasteiger partial charge in [-0.1, -0.05) is 23.2 Å². The van der Waals surface area contributed by atoms with E-state index in [9.17, 15) is 4.79 Å². The van der Waals surface area contributed by atoms with Crippen LogP contribution in [0.3, 0.4) is 0 Å². The number of rotatable bonds is 4. The van der Waals surface area contributed by atoms with Crippen molar-refractivity contribution in [3.63, 3.8) is 0 Å². The largest absolute Gasteiger partial charge is 0.457 e. The van der Waals surface area contributed by atoms with Gasteiger partial charge in [-0.3, -0.25) is 9.69 Å². The normalized spacial score (nSPS) is 17.2. The van der Waals surface area contributed by atoms with Crippen LogP contribution in [0.25, 0.3) is 17.4 Å². The number of carbonyl (C=O) groups is 1. The first-order chi connectivity index (χ1) is 13.5. The smallest absolute Gasteiger partial charge is 0.266 e. The molecule has 3 aromatic rings. The highest BCUT2D eigenvalue weighted by molar-refractivity contribution is 8.18. The molecule has 0 aliphatic carbocycles. The molecule has 0 atom stereocenters. The van der Waals surface area contributed by atoms with Crippen LogP contribution in [0, 0.1) is 0 Å². The highest BCUT2D eigenvalue weighted by atomic mass is 35.5. The van der Waals surface area contributed by atoms with Crippen LogP contribution in [0.2, 0.25) is 10.0 Å². The number of hydrogen-bond acceptors (Lipinski definition) is 6. The average molecular weight is 450 g/mol. The number of amides is 1. The fraction of sp³-hybridized carbons (Fsp3) is 0.105. The molecular formula is C19H13Cl2N3O2S2.